The summed E-state index contributed by atoms with van der Waals surface area (Å²) < 4.78 is 5.52. The first kappa shape index (κ1) is 16.0. The average molecular weight is 225 g/mol. The van der Waals surface area contributed by atoms with E-state index in [1.807, 2.05) is 7.48 Å². The second kappa shape index (κ2) is 10.2. The van der Waals surface area contributed by atoms with E-state index in [1.165, 1.54) is 51.4 Å². The Hall–Kier alpha value is 0.0249. The van der Waals surface area contributed by atoms with E-state index in [0.717, 1.165) is 6.61 Å². The molecule has 0 heterocycles. The lowest BCUT2D eigenvalue weighted by molar-refractivity contribution is 0.307. The van der Waals surface area contributed by atoms with Gasteiger partial charge < -0.3 is 4.65 Å². The quantitative estimate of drug-likeness (QED) is 0.376. The second-order valence-corrected chi connectivity index (χ2v) is 5.83. The molecule has 0 spiro atoms. The molecule has 0 aliphatic carbocycles. The van der Waals surface area contributed by atoms with E-state index in [0.29, 0.717) is 0 Å². The van der Waals surface area contributed by atoms with E-state index in [9.17, 15) is 0 Å². The van der Waals surface area contributed by atoms with Gasteiger partial charge in [-0.1, -0.05) is 72.6 Å². The predicted molar refractivity (Wildman–Crippen MR) is 74.0 cm³/mol. The highest BCUT2D eigenvalue weighted by atomic mass is 16.4. The Morgan fingerprint density at radius 2 is 1.31 bits per heavy atom. The van der Waals surface area contributed by atoms with Crippen molar-refractivity contribution >= 4 is 7.48 Å². The minimum Gasteiger partial charge on any atom is -0.440 e. The Kier molecular flexibility index (Phi) is 10.2. The van der Waals surface area contributed by atoms with Gasteiger partial charge in [0.1, 0.15) is 0 Å². The highest BCUT2D eigenvalue weighted by molar-refractivity contribution is 6.31. The fraction of sp³-hybridized carbons (Fsp3) is 1.00. The fourth-order valence-corrected chi connectivity index (χ4v) is 1.63. The van der Waals surface area contributed by atoms with Crippen LogP contribution in [0.25, 0.3) is 0 Å². The lowest BCUT2D eigenvalue weighted by Gasteiger charge is -2.15. The summed E-state index contributed by atoms with van der Waals surface area (Å²) in [6.45, 7) is 9.66. The van der Waals surface area contributed by atoms with Gasteiger partial charge in [0.25, 0.3) is 7.48 Å². The fourth-order valence-electron chi connectivity index (χ4n) is 1.63. The lowest BCUT2D eigenvalue weighted by Crippen LogP contribution is -2.13. The van der Waals surface area contributed by atoms with Gasteiger partial charge in [-0.2, -0.15) is 0 Å². The van der Waals surface area contributed by atoms with Crippen LogP contribution in [0.2, 0.25) is 5.31 Å². The molecule has 0 N–H and O–H groups in total. The molecule has 0 saturated heterocycles. The molecule has 0 atom stereocenters. The summed E-state index contributed by atoms with van der Waals surface area (Å²) >= 11 is 0. The molecule has 0 rings (SSSR count). The number of unbranched alkanes of at least 4 members (excludes halogenated alkanes) is 7. The van der Waals surface area contributed by atoms with Gasteiger partial charge in [-0.25, -0.2) is 0 Å². The summed E-state index contributed by atoms with van der Waals surface area (Å²) in [5.41, 5.74) is 0. The maximum absolute atomic E-state index is 5.52. The van der Waals surface area contributed by atoms with E-state index in [2.05, 4.69) is 27.7 Å². The van der Waals surface area contributed by atoms with Gasteiger partial charge in [-0.15, -0.1) is 0 Å². The van der Waals surface area contributed by atoms with Crippen molar-refractivity contribution in [3.05, 3.63) is 0 Å². The molecule has 0 amide bonds. The predicted octanol–water partition coefficient (Wildman–Crippen LogP) is 4.98. The molecular weight excluding hydrogens is 195 g/mol. The molecule has 0 aliphatic heterocycles. The molecule has 0 fully saturated rings. The standard InChI is InChI=1S/C14H30BO/c1-5-6-7-8-9-10-11-12-13-16-15-14(2,3)4/h5-13H2,1-4H3. The molecule has 95 valence electrons. The second-order valence-electron chi connectivity index (χ2n) is 5.83. The topological polar surface area (TPSA) is 9.23 Å². The molecule has 0 unspecified atom stereocenters. The van der Waals surface area contributed by atoms with Crippen LogP contribution in [0.3, 0.4) is 0 Å². The normalized spacial score (nSPS) is 11.8. The number of hydrogen-bond donors (Lipinski definition) is 0. The summed E-state index contributed by atoms with van der Waals surface area (Å²) in [5, 5.41) is 0.195. The van der Waals surface area contributed by atoms with Crippen LogP contribution in [0, 0.1) is 0 Å². The van der Waals surface area contributed by atoms with E-state index in [1.54, 1.807) is 0 Å². The molecular formula is C14H30BO. The molecule has 2 heteroatoms. The Bertz CT molecular complexity index is 140. The summed E-state index contributed by atoms with van der Waals surface area (Å²) in [4.78, 5) is 0. The van der Waals surface area contributed by atoms with Gasteiger partial charge in [-0.05, 0) is 11.7 Å². The first-order chi connectivity index (χ1) is 7.56. The Morgan fingerprint density at radius 1 is 0.812 bits per heavy atom. The van der Waals surface area contributed by atoms with Gasteiger partial charge in [0.2, 0.25) is 0 Å². The van der Waals surface area contributed by atoms with Crippen LogP contribution >= 0.6 is 0 Å². The highest BCUT2D eigenvalue weighted by Crippen LogP contribution is 2.20. The van der Waals surface area contributed by atoms with Crippen molar-refractivity contribution in [2.75, 3.05) is 6.61 Å². The van der Waals surface area contributed by atoms with Gasteiger partial charge in [0, 0.05) is 6.61 Å². The molecule has 0 aromatic carbocycles. The largest absolute Gasteiger partial charge is 0.440 e. The Balaban J connectivity index is 2.99. The van der Waals surface area contributed by atoms with Gasteiger partial charge in [-0.3, -0.25) is 0 Å². The summed E-state index contributed by atoms with van der Waals surface area (Å²) in [6.07, 6.45) is 10.9. The van der Waals surface area contributed by atoms with Crippen LogP contribution in [0.4, 0.5) is 0 Å². The van der Waals surface area contributed by atoms with Crippen molar-refractivity contribution in [1.82, 2.24) is 0 Å². The van der Waals surface area contributed by atoms with E-state index >= 15 is 0 Å². The monoisotopic (exact) mass is 225 g/mol. The first-order valence-electron chi connectivity index (χ1n) is 7.02. The third-order valence-corrected chi connectivity index (χ3v) is 2.55. The van der Waals surface area contributed by atoms with Gasteiger partial charge in [0.15, 0.2) is 0 Å². The van der Waals surface area contributed by atoms with Crippen LogP contribution in [0.5, 0.6) is 0 Å². The third kappa shape index (κ3) is 14.0. The lowest BCUT2D eigenvalue weighted by atomic mass is 9.68. The molecule has 16 heavy (non-hydrogen) atoms. The minimum absolute atomic E-state index is 0.195. The molecule has 0 aromatic heterocycles. The third-order valence-electron chi connectivity index (χ3n) is 2.55. The van der Waals surface area contributed by atoms with Crippen LogP contribution in [-0.4, -0.2) is 14.1 Å². The first-order valence-corrected chi connectivity index (χ1v) is 7.02. The average Bonchev–Trinajstić information content (AvgIpc) is 2.19. The van der Waals surface area contributed by atoms with Crippen LogP contribution in [0.1, 0.15) is 79.1 Å². The van der Waals surface area contributed by atoms with E-state index in [-0.39, 0.29) is 5.31 Å². The van der Waals surface area contributed by atoms with Crippen molar-refractivity contribution in [2.45, 2.75) is 84.4 Å². The number of rotatable bonds is 10. The highest BCUT2D eigenvalue weighted by Gasteiger charge is 2.12. The molecule has 1 radical (unpaired) electrons. The van der Waals surface area contributed by atoms with Crippen LogP contribution in [-0.2, 0) is 4.65 Å². The van der Waals surface area contributed by atoms with Gasteiger partial charge >= 0.3 is 0 Å². The molecule has 0 saturated carbocycles. The summed E-state index contributed by atoms with van der Waals surface area (Å²) in [7, 11) is 1.97. The van der Waals surface area contributed by atoms with Crippen LogP contribution < -0.4 is 0 Å². The van der Waals surface area contributed by atoms with E-state index in [4.69, 9.17) is 4.65 Å². The van der Waals surface area contributed by atoms with E-state index < -0.39 is 0 Å². The number of hydrogen-bond acceptors (Lipinski definition) is 1. The molecule has 0 bridgehead atoms. The van der Waals surface area contributed by atoms with Crippen molar-refractivity contribution < 1.29 is 4.65 Å². The molecule has 0 aromatic rings. The summed E-state index contributed by atoms with van der Waals surface area (Å²) in [6, 6.07) is 0. The molecule has 0 aliphatic rings. The van der Waals surface area contributed by atoms with Crippen molar-refractivity contribution in [3.63, 3.8) is 0 Å². The Morgan fingerprint density at radius 3 is 1.81 bits per heavy atom. The van der Waals surface area contributed by atoms with Crippen molar-refractivity contribution in [1.29, 1.82) is 0 Å². The zero-order chi connectivity index (χ0) is 12.3. The summed E-state index contributed by atoms with van der Waals surface area (Å²) in [5.74, 6) is 0. The zero-order valence-electron chi connectivity index (χ0n) is 11.8. The van der Waals surface area contributed by atoms with Gasteiger partial charge in [0.05, 0.1) is 0 Å². The zero-order valence-corrected chi connectivity index (χ0v) is 11.8. The minimum atomic E-state index is 0.195. The maximum atomic E-state index is 5.52. The molecule has 1 nitrogen and oxygen atoms in total. The van der Waals surface area contributed by atoms with Crippen molar-refractivity contribution in [3.8, 4) is 0 Å². The Labute approximate surface area is 104 Å². The van der Waals surface area contributed by atoms with Crippen LogP contribution in [0.15, 0.2) is 0 Å². The SMILES string of the molecule is CCCCCCCCCCO[B]C(C)(C)C. The smallest absolute Gasteiger partial charge is 0.298 e. The maximum Gasteiger partial charge on any atom is 0.298 e. The van der Waals surface area contributed by atoms with Crippen molar-refractivity contribution in [2.24, 2.45) is 0 Å².